The Morgan fingerprint density at radius 1 is 0.645 bits per heavy atom. The first kappa shape index (κ1) is 45.1. The Kier molecular flexibility index (Phi) is 15.5. The topological polar surface area (TPSA) is 258 Å². The number of carbonyl (C=O) groups excluding carboxylic acids is 3. The number of aliphatic carboxylic acids is 1. The predicted octanol–water partition coefficient (Wildman–Crippen LogP) is 5.73. The van der Waals surface area contributed by atoms with Crippen LogP contribution < -0.4 is 26.3 Å². The molecule has 0 atom stereocenters. The average Bonchev–Trinajstić information content (AvgIpc) is 3.85. The number of ether oxygens (including phenoxy) is 2. The Bertz CT molecular complexity index is 2560. The fraction of sp³-hybridized carbons (Fsp3) is 0.182. The van der Waals surface area contributed by atoms with Gasteiger partial charge in [-0.3, -0.25) is 28.5 Å². The molecule has 62 heavy (non-hydrogen) atoms. The number of amides is 3. The number of carboxylic acid groups (broad SMARTS) is 1. The number of halogens is 1. The Morgan fingerprint density at radius 2 is 1.05 bits per heavy atom. The van der Waals surface area contributed by atoms with Crippen molar-refractivity contribution in [3.63, 3.8) is 0 Å². The molecular formula is C44H41ClN10O7. The van der Waals surface area contributed by atoms with Crippen molar-refractivity contribution in [1.29, 1.82) is 10.5 Å². The van der Waals surface area contributed by atoms with Gasteiger partial charge in [-0.25, -0.2) is 0 Å². The van der Waals surface area contributed by atoms with Crippen molar-refractivity contribution in [2.24, 2.45) is 11.5 Å². The maximum absolute atomic E-state index is 11.9. The lowest BCUT2D eigenvalue weighted by atomic mass is 10.1. The molecule has 18 heteroatoms. The van der Waals surface area contributed by atoms with Crippen LogP contribution in [0.1, 0.15) is 45.6 Å². The van der Waals surface area contributed by atoms with E-state index in [-0.39, 0.29) is 36.8 Å². The summed E-state index contributed by atoms with van der Waals surface area (Å²) in [5.74, 6) is 0.565. The summed E-state index contributed by atoms with van der Waals surface area (Å²) in [6, 6.07) is 37.3. The summed E-state index contributed by atoms with van der Waals surface area (Å²) in [5.41, 5.74) is 14.5. The van der Waals surface area contributed by atoms with Crippen LogP contribution in [0.25, 0.3) is 22.5 Å². The van der Waals surface area contributed by atoms with E-state index in [0.717, 1.165) is 41.5 Å². The van der Waals surface area contributed by atoms with E-state index in [1.807, 2.05) is 108 Å². The van der Waals surface area contributed by atoms with Gasteiger partial charge in [0.05, 0.1) is 35.3 Å². The van der Waals surface area contributed by atoms with Crippen molar-refractivity contribution in [1.82, 2.24) is 29.8 Å². The molecule has 2 aliphatic heterocycles. The maximum atomic E-state index is 11.9. The van der Waals surface area contributed by atoms with Crippen LogP contribution in [0.3, 0.4) is 0 Å². The number of para-hydroxylation sites is 2. The zero-order valence-corrected chi connectivity index (χ0v) is 33.9. The number of likely N-dealkylation sites (tertiary alicyclic amines) is 1. The molecule has 3 amide bonds. The molecule has 0 aliphatic carbocycles. The van der Waals surface area contributed by atoms with Crippen LogP contribution in [-0.2, 0) is 9.59 Å². The van der Waals surface area contributed by atoms with E-state index in [9.17, 15) is 19.2 Å². The fourth-order valence-corrected chi connectivity index (χ4v) is 6.09. The Balaban J connectivity index is 0.000000207. The largest absolute Gasteiger partial charge is 0.480 e. The molecule has 8 rings (SSSR count). The number of nitrogens with zero attached hydrogens (tertiary/aromatic N) is 7. The number of primary amides is 2. The second-order valence-electron chi connectivity index (χ2n) is 13.7. The Morgan fingerprint density at radius 3 is 1.39 bits per heavy atom. The third kappa shape index (κ3) is 11.6. The SMILES string of the molecule is Cl.N#CCC(=O)N1CC(n2cc(C(N)=O)c(-c3ccc(Oc4ccccc4)cc3)n2)C1.N#CCC(=O)O.NC(=O)c1cn(C2CNC2)nc1-c1ccc(Oc2ccccc2)cc1. The summed E-state index contributed by atoms with van der Waals surface area (Å²) in [6.07, 6.45) is 2.81. The van der Waals surface area contributed by atoms with Crippen LogP contribution in [0.4, 0.5) is 0 Å². The summed E-state index contributed by atoms with van der Waals surface area (Å²) in [5, 5.41) is 36.3. The molecule has 17 nitrogen and oxygen atoms in total. The molecule has 6 aromatic rings. The maximum Gasteiger partial charge on any atom is 0.317 e. The highest BCUT2D eigenvalue weighted by Gasteiger charge is 2.33. The number of aromatic nitrogens is 4. The smallest absolute Gasteiger partial charge is 0.317 e. The van der Waals surface area contributed by atoms with Crippen molar-refractivity contribution in [2.75, 3.05) is 26.2 Å². The van der Waals surface area contributed by atoms with Gasteiger partial charge in [0, 0.05) is 49.7 Å². The number of nitriles is 2. The minimum Gasteiger partial charge on any atom is -0.480 e. The van der Waals surface area contributed by atoms with Gasteiger partial charge in [0.25, 0.3) is 11.8 Å². The zero-order chi connectivity index (χ0) is 43.3. The van der Waals surface area contributed by atoms with Gasteiger partial charge in [0.2, 0.25) is 5.91 Å². The highest BCUT2D eigenvalue weighted by molar-refractivity contribution is 5.99. The van der Waals surface area contributed by atoms with E-state index in [2.05, 4.69) is 15.5 Å². The van der Waals surface area contributed by atoms with Crippen molar-refractivity contribution in [3.05, 3.63) is 133 Å². The van der Waals surface area contributed by atoms with Crippen LogP contribution in [0.5, 0.6) is 23.0 Å². The molecule has 2 saturated heterocycles. The third-order valence-electron chi connectivity index (χ3n) is 9.39. The third-order valence-corrected chi connectivity index (χ3v) is 9.39. The minimum atomic E-state index is -1.07. The summed E-state index contributed by atoms with van der Waals surface area (Å²) in [4.78, 5) is 46.4. The number of carboxylic acids is 1. The average molecular weight is 857 g/mol. The van der Waals surface area contributed by atoms with E-state index in [0.29, 0.717) is 41.4 Å². The number of hydrogen-bond donors (Lipinski definition) is 4. The molecule has 0 radical (unpaired) electrons. The van der Waals surface area contributed by atoms with Gasteiger partial charge in [-0.05, 0) is 72.8 Å². The van der Waals surface area contributed by atoms with Gasteiger partial charge >= 0.3 is 5.97 Å². The van der Waals surface area contributed by atoms with Crippen LogP contribution >= 0.6 is 12.4 Å². The standard InChI is InChI=1S/C22H19N5O3.C19H18N4O2.C3H3NO2.ClH/c23-11-10-20(28)26-12-16(13-26)27-14-19(22(24)29)21(25-27)15-6-8-18(9-7-15)30-17-4-2-1-3-5-17;20-19(24)17-12-23(14-10-21-11-14)22-18(17)13-6-8-16(9-7-13)25-15-4-2-1-3-5-15;4-2-1-3(5)6;/h1-9,14,16H,10,12-13H2,(H2,24,29);1-9,12,14,21H,10-11H2,(H2,20,24);1H2,(H,5,6);1H. The van der Waals surface area contributed by atoms with Crippen molar-refractivity contribution in [3.8, 4) is 57.7 Å². The lowest BCUT2D eigenvalue weighted by molar-refractivity contribution is -0.136. The molecule has 2 aromatic heterocycles. The van der Waals surface area contributed by atoms with Crippen LogP contribution in [0, 0.1) is 22.7 Å². The van der Waals surface area contributed by atoms with E-state index in [1.165, 1.54) is 6.07 Å². The van der Waals surface area contributed by atoms with Crippen LogP contribution in [-0.4, -0.2) is 79.4 Å². The first-order chi connectivity index (χ1) is 29.5. The highest BCUT2D eigenvalue weighted by atomic mass is 35.5. The second-order valence-corrected chi connectivity index (χ2v) is 13.7. The predicted molar refractivity (Wildman–Crippen MR) is 228 cm³/mol. The highest BCUT2D eigenvalue weighted by Crippen LogP contribution is 2.31. The van der Waals surface area contributed by atoms with Crippen LogP contribution in [0.15, 0.2) is 122 Å². The van der Waals surface area contributed by atoms with E-state index >= 15 is 0 Å². The zero-order valence-electron chi connectivity index (χ0n) is 33.0. The van der Waals surface area contributed by atoms with Crippen molar-refractivity contribution < 1.29 is 33.8 Å². The first-order valence-corrected chi connectivity index (χ1v) is 18.9. The fourth-order valence-electron chi connectivity index (χ4n) is 6.09. The van der Waals surface area contributed by atoms with Gasteiger partial charge in [0.15, 0.2) is 0 Å². The molecule has 2 fully saturated rings. The quantitative estimate of drug-likeness (QED) is 0.115. The number of nitrogens with two attached hydrogens (primary N) is 2. The Labute approximate surface area is 362 Å². The van der Waals surface area contributed by atoms with Crippen LogP contribution in [0.2, 0.25) is 0 Å². The van der Waals surface area contributed by atoms with Gasteiger partial charge in [0.1, 0.15) is 47.2 Å². The van der Waals surface area contributed by atoms with Gasteiger partial charge in [-0.1, -0.05) is 36.4 Å². The molecule has 4 heterocycles. The number of hydrogen-bond acceptors (Lipinski definition) is 11. The van der Waals surface area contributed by atoms with E-state index in [4.69, 9.17) is 36.6 Å². The summed E-state index contributed by atoms with van der Waals surface area (Å²) in [7, 11) is 0. The van der Waals surface area contributed by atoms with Gasteiger partial charge in [-0.15, -0.1) is 12.4 Å². The molecule has 0 saturated carbocycles. The molecule has 6 N–H and O–H groups in total. The van der Waals surface area contributed by atoms with E-state index in [1.54, 1.807) is 34.1 Å². The van der Waals surface area contributed by atoms with Crippen molar-refractivity contribution >= 4 is 36.1 Å². The molecule has 0 spiro atoms. The molecule has 4 aromatic carbocycles. The first-order valence-electron chi connectivity index (χ1n) is 18.9. The number of rotatable bonds is 12. The summed E-state index contributed by atoms with van der Waals surface area (Å²) in [6.45, 7) is 2.60. The molecule has 0 bridgehead atoms. The van der Waals surface area contributed by atoms with Gasteiger partial charge < -0.3 is 36.3 Å². The molecule has 2 aliphatic rings. The molecular weight excluding hydrogens is 816 g/mol. The molecule has 316 valence electrons. The van der Waals surface area contributed by atoms with E-state index < -0.39 is 24.2 Å². The second kappa shape index (κ2) is 21.3. The van der Waals surface area contributed by atoms with Gasteiger partial charge in [-0.2, -0.15) is 20.7 Å². The Hall–Kier alpha value is -7.99. The van der Waals surface area contributed by atoms with Crippen molar-refractivity contribution in [2.45, 2.75) is 24.9 Å². The summed E-state index contributed by atoms with van der Waals surface area (Å²) >= 11 is 0. The number of benzene rings is 4. The number of carbonyl (C=O) groups is 4. The molecule has 0 unspecified atom stereocenters. The monoisotopic (exact) mass is 856 g/mol. The summed E-state index contributed by atoms with van der Waals surface area (Å²) < 4.78 is 15.1. The normalized spacial score (nSPS) is 12.8. The lowest BCUT2D eigenvalue weighted by Crippen LogP contribution is -2.50. The number of nitrogens with one attached hydrogen (secondary N) is 1. The minimum absolute atomic E-state index is 0. The lowest BCUT2D eigenvalue weighted by Gasteiger charge is -2.38.